The molecule has 1 saturated heterocycles. The van der Waals surface area contributed by atoms with Gasteiger partial charge in [0.25, 0.3) is 5.91 Å². The van der Waals surface area contributed by atoms with Gasteiger partial charge in [-0.05, 0) is 62.9 Å². The highest BCUT2D eigenvalue weighted by atomic mass is 32.2. The first kappa shape index (κ1) is 20.9. The lowest BCUT2D eigenvalue weighted by atomic mass is 9.92. The fourth-order valence-corrected chi connectivity index (χ4v) is 5.22. The molecule has 158 valence electrons. The van der Waals surface area contributed by atoms with Crippen LogP contribution in [0.5, 0.6) is 0 Å². The Hall–Kier alpha value is -2.40. The van der Waals surface area contributed by atoms with Crippen molar-refractivity contribution in [3.05, 3.63) is 70.3 Å². The lowest BCUT2D eigenvalue weighted by Gasteiger charge is -2.38. The minimum Gasteiger partial charge on any atom is -0.368 e. The lowest BCUT2D eigenvalue weighted by molar-refractivity contribution is -0.112. The van der Waals surface area contributed by atoms with E-state index in [4.69, 9.17) is 0 Å². The fraction of sp³-hybridized carbons (Fsp3) is 0.400. The second-order valence-electron chi connectivity index (χ2n) is 8.19. The highest BCUT2D eigenvalue weighted by molar-refractivity contribution is 8.03. The number of anilines is 2. The maximum absolute atomic E-state index is 12.7. The molecule has 1 fully saturated rings. The van der Waals surface area contributed by atoms with Crippen molar-refractivity contribution in [3.63, 3.8) is 0 Å². The number of nitrogens with zero attached hydrogens (tertiary/aromatic N) is 2. The summed E-state index contributed by atoms with van der Waals surface area (Å²) in [6.07, 6.45) is 7.52. The second kappa shape index (κ2) is 9.17. The summed E-state index contributed by atoms with van der Waals surface area (Å²) in [4.78, 5) is 18.8. The summed E-state index contributed by atoms with van der Waals surface area (Å²) in [5.41, 5.74) is 6.47. The highest BCUT2D eigenvalue weighted by Crippen LogP contribution is 2.33. The van der Waals surface area contributed by atoms with Crippen LogP contribution < -0.4 is 10.2 Å². The van der Waals surface area contributed by atoms with Gasteiger partial charge in [0.2, 0.25) is 0 Å². The Morgan fingerprint density at radius 2 is 1.77 bits per heavy atom. The molecule has 0 aromatic heterocycles. The van der Waals surface area contributed by atoms with E-state index in [2.05, 4.69) is 52.9 Å². The van der Waals surface area contributed by atoms with E-state index in [1.54, 1.807) is 0 Å². The summed E-state index contributed by atoms with van der Waals surface area (Å²) in [5, 5.41) is 3.06. The normalized spacial score (nSPS) is 19.5. The third-order valence-corrected chi connectivity index (χ3v) is 7.45. The molecule has 2 heterocycles. The monoisotopic (exact) mass is 421 g/mol. The zero-order valence-corrected chi connectivity index (χ0v) is 18.9. The van der Waals surface area contributed by atoms with Crippen molar-refractivity contribution in [2.75, 3.05) is 42.1 Å². The number of piperazine rings is 1. The fourth-order valence-electron chi connectivity index (χ4n) is 4.23. The van der Waals surface area contributed by atoms with Gasteiger partial charge in [-0.3, -0.25) is 4.79 Å². The molecule has 3 aliphatic rings. The van der Waals surface area contributed by atoms with E-state index in [0.29, 0.717) is 0 Å². The molecule has 5 heteroatoms. The maximum Gasteiger partial charge on any atom is 0.255 e. The van der Waals surface area contributed by atoms with Gasteiger partial charge in [0, 0.05) is 59.5 Å². The molecule has 1 aliphatic carbocycles. The third kappa shape index (κ3) is 4.51. The zero-order valence-electron chi connectivity index (χ0n) is 18.0. The van der Waals surface area contributed by atoms with Crippen LogP contribution in [0.25, 0.3) is 0 Å². The number of hydrogen-bond donors (Lipinski definition) is 1. The van der Waals surface area contributed by atoms with E-state index in [0.717, 1.165) is 62.3 Å². The first-order chi connectivity index (χ1) is 14.5. The van der Waals surface area contributed by atoms with Crippen molar-refractivity contribution in [2.45, 2.75) is 33.1 Å². The van der Waals surface area contributed by atoms with Gasteiger partial charge in [-0.15, -0.1) is 11.8 Å². The molecule has 0 bridgehead atoms. The third-order valence-electron chi connectivity index (χ3n) is 6.30. The highest BCUT2D eigenvalue weighted by Gasteiger charge is 2.21. The van der Waals surface area contributed by atoms with Crippen LogP contribution in [0.15, 0.2) is 70.3 Å². The van der Waals surface area contributed by atoms with E-state index >= 15 is 0 Å². The Balaban J connectivity index is 1.32. The molecule has 0 radical (unpaired) electrons. The number of amides is 1. The predicted molar refractivity (Wildman–Crippen MR) is 129 cm³/mol. The standard InChI is InChI=1S/C25H31N3OS/c1-18-6-4-7-23(19(18)2)25(29)26-21-9-11-22(12-10-21)28-15-13-27(14-16-28)20(3)24-8-5-17-30-24/h7-12H,3-6,13-17H2,1-2H3,(H,26,29). The Morgan fingerprint density at radius 1 is 1.03 bits per heavy atom. The van der Waals surface area contributed by atoms with Gasteiger partial charge in [-0.2, -0.15) is 0 Å². The number of hydrogen-bond acceptors (Lipinski definition) is 4. The Kier molecular flexibility index (Phi) is 6.38. The molecule has 0 unspecified atom stereocenters. The molecule has 1 aromatic rings. The number of carbonyl (C=O) groups excluding carboxylic acids is 1. The molecule has 0 spiro atoms. The van der Waals surface area contributed by atoms with Crippen LogP contribution in [0.4, 0.5) is 11.4 Å². The van der Waals surface area contributed by atoms with Crippen LogP contribution in [-0.4, -0.2) is 42.7 Å². The van der Waals surface area contributed by atoms with Gasteiger partial charge < -0.3 is 15.1 Å². The largest absolute Gasteiger partial charge is 0.368 e. The minimum atomic E-state index is -0.00878. The number of nitrogens with one attached hydrogen (secondary N) is 1. The minimum absolute atomic E-state index is 0.00878. The smallest absolute Gasteiger partial charge is 0.255 e. The first-order valence-corrected chi connectivity index (χ1v) is 11.8. The Morgan fingerprint density at radius 3 is 2.43 bits per heavy atom. The molecule has 30 heavy (non-hydrogen) atoms. The molecule has 1 aromatic carbocycles. The van der Waals surface area contributed by atoms with Gasteiger partial charge in [0.1, 0.15) is 0 Å². The summed E-state index contributed by atoms with van der Waals surface area (Å²) < 4.78 is 0. The quantitative estimate of drug-likeness (QED) is 0.696. The van der Waals surface area contributed by atoms with Gasteiger partial charge in [0.15, 0.2) is 0 Å². The number of allylic oxidation sites excluding steroid dienone is 3. The summed E-state index contributed by atoms with van der Waals surface area (Å²) in [7, 11) is 0. The molecular weight excluding hydrogens is 390 g/mol. The molecule has 4 nitrogen and oxygen atoms in total. The van der Waals surface area contributed by atoms with Crippen molar-refractivity contribution >= 4 is 29.0 Å². The average molecular weight is 422 g/mol. The number of benzene rings is 1. The summed E-state index contributed by atoms with van der Waals surface area (Å²) >= 11 is 1.92. The van der Waals surface area contributed by atoms with Crippen molar-refractivity contribution in [1.82, 2.24) is 4.90 Å². The number of thioether (sulfide) groups is 1. The van der Waals surface area contributed by atoms with E-state index in [1.807, 2.05) is 30.8 Å². The SMILES string of the molecule is C=C(C1=CCCS1)N1CCN(c2ccc(NC(=O)C3=CCCC(C)=C3C)cc2)CC1. The number of carbonyl (C=O) groups is 1. The van der Waals surface area contributed by atoms with Crippen LogP contribution in [0.2, 0.25) is 0 Å². The maximum atomic E-state index is 12.7. The van der Waals surface area contributed by atoms with Gasteiger partial charge in [-0.1, -0.05) is 24.3 Å². The van der Waals surface area contributed by atoms with Crippen LogP contribution in [0.3, 0.4) is 0 Å². The molecular formula is C25H31N3OS. The van der Waals surface area contributed by atoms with Gasteiger partial charge >= 0.3 is 0 Å². The van der Waals surface area contributed by atoms with E-state index in [-0.39, 0.29) is 5.91 Å². The summed E-state index contributed by atoms with van der Waals surface area (Å²) in [5.74, 6) is 1.18. The van der Waals surface area contributed by atoms with Gasteiger partial charge in [-0.25, -0.2) is 0 Å². The van der Waals surface area contributed by atoms with Crippen molar-refractivity contribution in [1.29, 1.82) is 0 Å². The Labute approximate surface area is 184 Å². The topological polar surface area (TPSA) is 35.6 Å². The summed E-state index contributed by atoms with van der Waals surface area (Å²) in [6.45, 7) is 12.4. The lowest BCUT2D eigenvalue weighted by Crippen LogP contribution is -2.45. The zero-order chi connectivity index (χ0) is 21.1. The number of rotatable bonds is 5. The molecule has 1 amide bonds. The second-order valence-corrected chi connectivity index (χ2v) is 9.33. The van der Waals surface area contributed by atoms with Gasteiger partial charge in [0.05, 0.1) is 0 Å². The molecule has 2 aliphatic heterocycles. The van der Waals surface area contributed by atoms with Crippen molar-refractivity contribution in [3.8, 4) is 0 Å². The van der Waals surface area contributed by atoms with Crippen LogP contribution >= 0.6 is 11.8 Å². The summed E-state index contributed by atoms with van der Waals surface area (Å²) in [6, 6.07) is 8.24. The van der Waals surface area contributed by atoms with Crippen molar-refractivity contribution in [2.24, 2.45) is 0 Å². The average Bonchev–Trinajstić information content (AvgIpc) is 3.31. The molecule has 0 atom stereocenters. The predicted octanol–water partition coefficient (Wildman–Crippen LogP) is 5.34. The Bertz CT molecular complexity index is 918. The first-order valence-electron chi connectivity index (χ1n) is 10.8. The van der Waals surface area contributed by atoms with Crippen LogP contribution in [-0.2, 0) is 4.79 Å². The van der Waals surface area contributed by atoms with Crippen LogP contribution in [0, 0.1) is 0 Å². The van der Waals surface area contributed by atoms with Crippen molar-refractivity contribution < 1.29 is 4.79 Å². The molecule has 4 rings (SSSR count). The van der Waals surface area contributed by atoms with E-state index < -0.39 is 0 Å². The molecule has 1 N–H and O–H groups in total. The molecule has 0 saturated carbocycles. The van der Waals surface area contributed by atoms with Crippen LogP contribution in [0.1, 0.15) is 33.1 Å². The van der Waals surface area contributed by atoms with E-state index in [9.17, 15) is 4.79 Å². The van der Waals surface area contributed by atoms with E-state index in [1.165, 1.54) is 27.6 Å².